The molecular weight excluding hydrogens is 282 g/mol. The van der Waals surface area contributed by atoms with Crippen LogP contribution < -0.4 is 0 Å². The van der Waals surface area contributed by atoms with Crippen molar-refractivity contribution in [3.05, 3.63) is 41.7 Å². The summed E-state index contributed by atoms with van der Waals surface area (Å²) in [5, 5.41) is 8.43. The van der Waals surface area contributed by atoms with Crippen molar-refractivity contribution in [2.45, 2.75) is 33.0 Å². The normalized spacial score (nSPS) is 17.4. The molecule has 2 aromatic heterocycles. The molecule has 1 unspecified atom stereocenters. The van der Waals surface area contributed by atoms with Gasteiger partial charge in [0, 0.05) is 32.1 Å². The molecule has 1 aliphatic rings. The molecule has 7 nitrogen and oxygen atoms in total. The van der Waals surface area contributed by atoms with E-state index in [9.17, 15) is 4.79 Å². The predicted octanol–water partition coefficient (Wildman–Crippen LogP) is 1.43. The Morgan fingerprint density at radius 1 is 1.41 bits per heavy atom. The van der Waals surface area contributed by atoms with E-state index in [0.29, 0.717) is 31.9 Å². The van der Waals surface area contributed by atoms with Gasteiger partial charge in [0.2, 0.25) is 0 Å². The Morgan fingerprint density at radius 3 is 3.00 bits per heavy atom. The van der Waals surface area contributed by atoms with Gasteiger partial charge in [0.15, 0.2) is 11.6 Å². The summed E-state index contributed by atoms with van der Waals surface area (Å²) in [6.07, 6.45) is 3.25. The van der Waals surface area contributed by atoms with Crippen molar-refractivity contribution >= 4 is 5.91 Å². The lowest BCUT2D eigenvalue weighted by molar-refractivity contribution is 0.0629. The van der Waals surface area contributed by atoms with E-state index >= 15 is 0 Å². The second-order valence-electron chi connectivity index (χ2n) is 5.18. The van der Waals surface area contributed by atoms with Crippen LogP contribution in [0.25, 0.3) is 0 Å². The minimum absolute atomic E-state index is 0.0267. The average molecular weight is 301 g/mol. The number of nitrogens with zero attached hydrogens (tertiary/aromatic N) is 5. The minimum atomic E-state index is -0.121. The summed E-state index contributed by atoms with van der Waals surface area (Å²) in [6.45, 7) is 6.32. The highest BCUT2D eigenvalue weighted by atomic mass is 16.5. The van der Waals surface area contributed by atoms with Crippen LogP contribution in [0.15, 0.2) is 24.5 Å². The molecule has 0 saturated carbocycles. The van der Waals surface area contributed by atoms with Gasteiger partial charge < -0.3 is 14.2 Å². The highest BCUT2D eigenvalue weighted by Gasteiger charge is 2.31. The number of hydrogen-bond donors (Lipinski definition) is 0. The number of carbonyl (C=O) groups is 1. The molecule has 0 bridgehead atoms. The summed E-state index contributed by atoms with van der Waals surface area (Å²) in [5.74, 6) is 1.59. The first-order valence-corrected chi connectivity index (χ1v) is 7.43. The Balaban J connectivity index is 1.81. The number of amides is 1. The van der Waals surface area contributed by atoms with Crippen LogP contribution in [0.1, 0.15) is 41.9 Å². The lowest BCUT2D eigenvalue weighted by Gasteiger charge is -2.33. The predicted molar refractivity (Wildman–Crippen MR) is 79.0 cm³/mol. The standard InChI is InChI=1S/C15H19N5O2/c1-3-22-10-13-17-18-14-11(2)19(7-8-20(13)14)15(21)12-5-4-6-16-9-12/h4-6,9,11H,3,7-8,10H2,1-2H3. The van der Waals surface area contributed by atoms with Gasteiger partial charge in [-0.3, -0.25) is 9.78 Å². The van der Waals surface area contributed by atoms with Gasteiger partial charge in [-0.1, -0.05) is 0 Å². The maximum Gasteiger partial charge on any atom is 0.256 e. The Labute approximate surface area is 128 Å². The van der Waals surface area contributed by atoms with Gasteiger partial charge in [-0.15, -0.1) is 10.2 Å². The van der Waals surface area contributed by atoms with E-state index in [1.54, 1.807) is 24.5 Å². The molecule has 1 amide bonds. The second kappa shape index (κ2) is 6.23. The van der Waals surface area contributed by atoms with Gasteiger partial charge in [0.1, 0.15) is 6.61 Å². The van der Waals surface area contributed by atoms with E-state index in [2.05, 4.69) is 15.2 Å². The highest BCUT2D eigenvalue weighted by Crippen LogP contribution is 2.26. The molecule has 7 heteroatoms. The van der Waals surface area contributed by atoms with Crippen molar-refractivity contribution in [2.24, 2.45) is 0 Å². The van der Waals surface area contributed by atoms with Gasteiger partial charge in [-0.2, -0.15) is 0 Å². The molecule has 3 heterocycles. The van der Waals surface area contributed by atoms with Crippen molar-refractivity contribution in [2.75, 3.05) is 13.2 Å². The molecule has 3 rings (SSSR count). The lowest BCUT2D eigenvalue weighted by Crippen LogP contribution is -2.41. The van der Waals surface area contributed by atoms with Crippen LogP contribution >= 0.6 is 0 Å². The third-order valence-electron chi connectivity index (χ3n) is 3.87. The fourth-order valence-electron chi connectivity index (χ4n) is 2.68. The molecule has 0 saturated heterocycles. The molecule has 0 aromatic carbocycles. The quantitative estimate of drug-likeness (QED) is 0.854. The number of ether oxygens (including phenoxy) is 1. The van der Waals surface area contributed by atoms with E-state index < -0.39 is 0 Å². The Bertz CT molecular complexity index is 655. The third kappa shape index (κ3) is 2.59. The molecule has 116 valence electrons. The molecule has 1 atom stereocenters. The molecule has 22 heavy (non-hydrogen) atoms. The molecular formula is C15H19N5O2. The van der Waals surface area contributed by atoms with Crippen LogP contribution in [-0.4, -0.2) is 43.7 Å². The zero-order chi connectivity index (χ0) is 15.5. The van der Waals surface area contributed by atoms with E-state index in [-0.39, 0.29) is 11.9 Å². The van der Waals surface area contributed by atoms with Gasteiger partial charge in [0.05, 0.1) is 11.6 Å². The van der Waals surface area contributed by atoms with Gasteiger partial charge in [-0.05, 0) is 26.0 Å². The van der Waals surface area contributed by atoms with Crippen LogP contribution in [0.5, 0.6) is 0 Å². The number of carbonyl (C=O) groups excluding carboxylic acids is 1. The third-order valence-corrected chi connectivity index (χ3v) is 3.87. The molecule has 2 aromatic rings. The largest absolute Gasteiger partial charge is 0.374 e. The maximum absolute atomic E-state index is 12.6. The van der Waals surface area contributed by atoms with Gasteiger partial charge >= 0.3 is 0 Å². The molecule has 0 aliphatic carbocycles. The second-order valence-corrected chi connectivity index (χ2v) is 5.18. The summed E-state index contributed by atoms with van der Waals surface area (Å²) in [4.78, 5) is 18.4. The van der Waals surface area contributed by atoms with Crippen LogP contribution in [0, 0.1) is 0 Å². The summed E-state index contributed by atoms with van der Waals surface area (Å²) in [7, 11) is 0. The molecule has 1 aliphatic heterocycles. The topological polar surface area (TPSA) is 73.1 Å². The summed E-state index contributed by atoms with van der Waals surface area (Å²) < 4.78 is 7.46. The SMILES string of the molecule is CCOCc1nnc2n1CCN(C(=O)c1cccnc1)C2C. The van der Waals surface area contributed by atoms with Crippen molar-refractivity contribution in [1.82, 2.24) is 24.6 Å². The van der Waals surface area contributed by atoms with Crippen molar-refractivity contribution in [1.29, 1.82) is 0 Å². The number of fused-ring (bicyclic) bond motifs is 1. The van der Waals surface area contributed by atoms with E-state index in [1.165, 1.54) is 0 Å². The zero-order valence-corrected chi connectivity index (χ0v) is 12.8. The minimum Gasteiger partial charge on any atom is -0.374 e. The number of rotatable bonds is 4. The molecule has 0 N–H and O–H groups in total. The van der Waals surface area contributed by atoms with E-state index in [4.69, 9.17) is 4.74 Å². The Hall–Kier alpha value is -2.28. The first-order chi connectivity index (χ1) is 10.7. The Morgan fingerprint density at radius 2 is 2.27 bits per heavy atom. The smallest absolute Gasteiger partial charge is 0.256 e. The molecule has 0 fully saturated rings. The van der Waals surface area contributed by atoms with Gasteiger partial charge in [0.25, 0.3) is 5.91 Å². The molecule has 0 spiro atoms. The number of hydrogen-bond acceptors (Lipinski definition) is 5. The first kappa shape index (κ1) is 14.6. The van der Waals surface area contributed by atoms with Crippen molar-refractivity contribution < 1.29 is 9.53 Å². The average Bonchev–Trinajstić information content (AvgIpc) is 2.97. The number of pyridine rings is 1. The van der Waals surface area contributed by atoms with Crippen LogP contribution in [0.4, 0.5) is 0 Å². The first-order valence-electron chi connectivity index (χ1n) is 7.43. The van der Waals surface area contributed by atoms with Gasteiger partial charge in [-0.25, -0.2) is 0 Å². The van der Waals surface area contributed by atoms with Crippen LogP contribution in [-0.2, 0) is 17.9 Å². The van der Waals surface area contributed by atoms with Crippen molar-refractivity contribution in [3.8, 4) is 0 Å². The zero-order valence-electron chi connectivity index (χ0n) is 12.8. The monoisotopic (exact) mass is 301 g/mol. The maximum atomic E-state index is 12.6. The fraction of sp³-hybridized carbons (Fsp3) is 0.467. The van der Waals surface area contributed by atoms with E-state index in [0.717, 1.165) is 11.6 Å². The molecule has 0 radical (unpaired) electrons. The lowest BCUT2D eigenvalue weighted by atomic mass is 10.1. The Kier molecular flexibility index (Phi) is 4.15. The summed E-state index contributed by atoms with van der Waals surface area (Å²) in [6, 6.07) is 3.43. The van der Waals surface area contributed by atoms with Crippen LogP contribution in [0.2, 0.25) is 0 Å². The van der Waals surface area contributed by atoms with Crippen molar-refractivity contribution in [3.63, 3.8) is 0 Å². The number of aromatic nitrogens is 4. The highest BCUT2D eigenvalue weighted by molar-refractivity contribution is 5.94. The summed E-state index contributed by atoms with van der Waals surface area (Å²) >= 11 is 0. The van der Waals surface area contributed by atoms with E-state index in [1.807, 2.05) is 23.3 Å². The van der Waals surface area contributed by atoms with Crippen LogP contribution in [0.3, 0.4) is 0 Å². The summed E-state index contributed by atoms with van der Waals surface area (Å²) in [5.41, 5.74) is 0.594. The fourth-order valence-corrected chi connectivity index (χ4v) is 2.68.